The lowest BCUT2D eigenvalue weighted by molar-refractivity contribution is 0.395. The van der Waals surface area contributed by atoms with E-state index in [0.717, 1.165) is 27.9 Å². The lowest BCUT2D eigenvalue weighted by atomic mass is 10.1. The van der Waals surface area contributed by atoms with Crippen molar-refractivity contribution in [1.82, 2.24) is 24.7 Å². The molecule has 4 rings (SSSR count). The van der Waals surface area contributed by atoms with Gasteiger partial charge in [0.05, 0.1) is 36.6 Å². The van der Waals surface area contributed by atoms with Crippen molar-refractivity contribution in [3.05, 3.63) is 65.8 Å². The second-order valence-electron chi connectivity index (χ2n) is 5.49. The second-order valence-corrected chi connectivity index (χ2v) is 5.88. The topological polar surface area (TPSA) is 65.7 Å². The molecular weight excluding hydrogens is 338 g/mol. The molecule has 0 amide bonds. The molecule has 0 aliphatic rings. The summed E-state index contributed by atoms with van der Waals surface area (Å²) in [7, 11) is 1.60. The third kappa shape index (κ3) is 3.29. The first-order valence-electron chi connectivity index (χ1n) is 7.66. The van der Waals surface area contributed by atoms with Crippen LogP contribution in [0.15, 0.2) is 55.0 Å². The zero-order chi connectivity index (χ0) is 17.2. The van der Waals surface area contributed by atoms with E-state index in [-0.39, 0.29) is 0 Å². The summed E-state index contributed by atoms with van der Waals surface area (Å²) in [5, 5.41) is 4.85. The normalized spacial score (nSPS) is 11.0. The highest BCUT2D eigenvalue weighted by Crippen LogP contribution is 2.22. The summed E-state index contributed by atoms with van der Waals surface area (Å²) in [5.74, 6) is 0.589. The highest BCUT2D eigenvalue weighted by Gasteiger charge is 2.07. The highest BCUT2D eigenvalue weighted by molar-refractivity contribution is 6.29. The van der Waals surface area contributed by atoms with Gasteiger partial charge in [-0.05, 0) is 24.3 Å². The first-order valence-corrected chi connectivity index (χ1v) is 8.04. The van der Waals surface area contributed by atoms with Crippen molar-refractivity contribution >= 4 is 22.6 Å². The molecule has 0 aliphatic carbocycles. The van der Waals surface area contributed by atoms with Crippen LogP contribution in [0.2, 0.25) is 5.15 Å². The quantitative estimate of drug-likeness (QED) is 0.525. The van der Waals surface area contributed by atoms with Crippen molar-refractivity contribution < 1.29 is 4.74 Å². The number of hydrogen-bond acceptors (Lipinski definition) is 5. The van der Waals surface area contributed by atoms with Crippen LogP contribution in [-0.2, 0) is 6.54 Å². The molecule has 4 aromatic heterocycles. The third-order valence-electron chi connectivity index (χ3n) is 3.78. The van der Waals surface area contributed by atoms with Crippen LogP contribution in [0, 0.1) is 0 Å². The molecule has 0 aromatic carbocycles. The molecule has 0 aliphatic heterocycles. The van der Waals surface area contributed by atoms with Crippen molar-refractivity contribution in [2.45, 2.75) is 6.54 Å². The lowest BCUT2D eigenvalue weighted by Gasteiger charge is -2.03. The van der Waals surface area contributed by atoms with Crippen LogP contribution < -0.4 is 4.74 Å². The maximum absolute atomic E-state index is 5.96. The minimum absolute atomic E-state index is 0.450. The molecular formula is C18H14ClN5O. The standard InChI is InChI=1S/C18H14ClN5O/c1-25-18-4-2-3-14(22-18)11-24-10-13(9-21-24)12-7-16-15(20-8-12)5-6-17(19)23-16/h2-10H,11H2,1H3. The first kappa shape index (κ1) is 15.5. The van der Waals surface area contributed by atoms with E-state index in [2.05, 4.69) is 20.1 Å². The van der Waals surface area contributed by atoms with Gasteiger partial charge in [-0.2, -0.15) is 5.10 Å². The zero-order valence-corrected chi connectivity index (χ0v) is 14.2. The van der Waals surface area contributed by atoms with Crippen LogP contribution >= 0.6 is 11.6 Å². The molecule has 0 radical (unpaired) electrons. The summed E-state index contributed by atoms with van der Waals surface area (Å²) in [6.45, 7) is 0.558. The summed E-state index contributed by atoms with van der Waals surface area (Å²) >= 11 is 5.96. The van der Waals surface area contributed by atoms with Crippen LogP contribution in [0.1, 0.15) is 5.69 Å². The van der Waals surface area contributed by atoms with E-state index in [1.807, 2.05) is 47.4 Å². The molecule has 0 fully saturated rings. The van der Waals surface area contributed by atoms with Crippen LogP contribution in [0.25, 0.3) is 22.2 Å². The average Bonchev–Trinajstić information content (AvgIpc) is 3.09. The molecule has 4 aromatic rings. The fourth-order valence-electron chi connectivity index (χ4n) is 2.56. The Morgan fingerprint density at radius 1 is 1.04 bits per heavy atom. The SMILES string of the molecule is COc1cccc(Cn2cc(-c3cnc4ccc(Cl)nc4c3)cn2)n1. The van der Waals surface area contributed by atoms with E-state index in [0.29, 0.717) is 17.6 Å². The Hall–Kier alpha value is -2.99. The minimum atomic E-state index is 0.450. The Bertz CT molecular complexity index is 1050. The summed E-state index contributed by atoms with van der Waals surface area (Å²) in [5.41, 5.74) is 4.33. The number of aromatic nitrogens is 5. The van der Waals surface area contributed by atoms with Gasteiger partial charge in [-0.3, -0.25) is 9.67 Å². The van der Waals surface area contributed by atoms with Crippen molar-refractivity contribution in [1.29, 1.82) is 0 Å². The van der Waals surface area contributed by atoms with Gasteiger partial charge in [0.2, 0.25) is 5.88 Å². The molecule has 0 saturated heterocycles. The van der Waals surface area contributed by atoms with E-state index >= 15 is 0 Å². The third-order valence-corrected chi connectivity index (χ3v) is 3.99. The van der Waals surface area contributed by atoms with Gasteiger partial charge in [0, 0.05) is 29.6 Å². The molecule has 7 heteroatoms. The smallest absolute Gasteiger partial charge is 0.213 e. The predicted octanol–water partition coefficient (Wildman–Crippen LogP) is 3.60. The van der Waals surface area contributed by atoms with Gasteiger partial charge >= 0.3 is 0 Å². The van der Waals surface area contributed by atoms with Crippen LogP contribution in [0.5, 0.6) is 5.88 Å². The lowest BCUT2D eigenvalue weighted by Crippen LogP contribution is -2.02. The van der Waals surface area contributed by atoms with Gasteiger partial charge in [0.25, 0.3) is 0 Å². The number of halogens is 1. The van der Waals surface area contributed by atoms with Gasteiger partial charge < -0.3 is 4.74 Å². The maximum atomic E-state index is 5.96. The Morgan fingerprint density at radius 2 is 1.96 bits per heavy atom. The predicted molar refractivity (Wildman–Crippen MR) is 95.7 cm³/mol. The summed E-state index contributed by atoms with van der Waals surface area (Å²) in [6, 6.07) is 11.2. The van der Waals surface area contributed by atoms with E-state index in [9.17, 15) is 0 Å². The Kier molecular flexibility index (Phi) is 4.03. The molecule has 0 spiro atoms. The molecule has 0 bridgehead atoms. The molecule has 0 unspecified atom stereocenters. The van der Waals surface area contributed by atoms with Gasteiger partial charge in [-0.1, -0.05) is 17.7 Å². The van der Waals surface area contributed by atoms with Gasteiger partial charge in [0.1, 0.15) is 5.15 Å². The monoisotopic (exact) mass is 351 g/mol. The van der Waals surface area contributed by atoms with Crippen LogP contribution in [0.4, 0.5) is 0 Å². The van der Waals surface area contributed by atoms with Crippen molar-refractivity contribution in [2.24, 2.45) is 0 Å². The fraction of sp³-hybridized carbons (Fsp3) is 0.111. The molecule has 25 heavy (non-hydrogen) atoms. The van der Waals surface area contributed by atoms with Crippen molar-refractivity contribution in [2.75, 3.05) is 7.11 Å². The minimum Gasteiger partial charge on any atom is -0.481 e. The number of fused-ring (bicyclic) bond motifs is 1. The van der Waals surface area contributed by atoms with Crippen molar-refractivity contribution in [3.63, 3.8) is 0 Å². The maximum Gasteiger partial charge on any atom is 0.213 e. The number of ether oxygens (including phenoxy) is 1. The van der Waals surface area contributed by atoms with Gasteiger partial charge in [0.15, 0.2) is 0 Å². The average molecular weight is 352 g/mol. The molecule has 4 heterocycles. The molecule has 0 N–H and O–H groups in total. The summed E-state index contributed by atoms with van der Waals surface area (Å²) in [6.07, 6.45) is 5.56. The van der Waals surface area contributed by atoms with Crippen molar-refractivity contribution in [3.8, 4) is 17.0 Å². The number of pyridine rings is 3. The highest BCUT2D eigenvalue weighted by atomic mass is 35.5. The summed E-state index contributed by atoms with van der Waals surface area (Å²) in [4.78, 5) is 13.1. The Labute approximate surface area is 149 Å². The fourth-order valence-corrected chi connectivity index (χ4v) is 2.72. The number of methoxy groups -OCH3 is 1. The van der Waals surface area contributed by atoms with Gasteiger partial charge in [-0.25, -0.2) is 9.97 Å². The van der Waals surface area contributed by atoms with E-state index in [1.165, 1.54) is 0 Å². The van der Waals surface area contributed by atoms with E-state index in [1.54, 1.807) is 19.4 Å². The van der Waals surface area contributed by atoms with Gasteiger partial charge in [-0.15, -0.1) is 0 Å². The van der Waals surface area contributed by atoms with Crippen LogP contribution in [-0.4, -0.2) is 31.8 Å². The largest absolute Gasteiger partial charge is 0.481 e. The van der Waals surface area contributed by atoms with Crippen LogP contribution in [0.3, 0.4) is 0 Å². The Morgan fingerprint density at radius 3 is 2.84 bits per heavy atom. The molecule has 124 valence electrons. The molecule has 6 nitrogen and oxygen atoms in total. The number of rotatable bonds is 4. The zero-order valence-electron chi connectivity index (χ0n) is 13.4. The molecule has 0 saturated carbocycles. The van der Waals surface area contributed by atoms with E-state index in [4.69, 9.17) is 16.3 Å². The second kappa shape index (κ2) is 6.49. The first-order chi connectivity index (χ1) is 12.2. The Balaban J connectivity index is 1.62. The number of hydrogen-bond donors (Lipinski definition) is 0. The summed E-state index contributed by atoms with van der Waals surface area (Å²) < 4.78 is 6.98. The van der Waals surface area contributed by atoms with E-state index < -0.39 is 0 Å². The number of nitrogens with zero attached hydrogens (tertiary/aromatic N) is 5. The molecule has 0 atom stereocenters.